The number of carbonyl (C=O) groups excluding carboxylic acids is 1. The molecule has 1 unspecified atom stereocenters. The number of nitrogens with zero attached hydrogens (tertiary/aromatic N) is 1. The summed E-state index contributed by atoms with van der Waals surface area (Å²) in [6.45, 7) is 4.43. The van der Waals surface area contributed by atoms with E-state index in [-0.39, 0.29) is 5.69 Å². The molecular weight excluding hydrogens is 319 g/mol. The summed E-state index contributed by atoms with van der Waals surface area (Å²) >= 11 is 0. The van der Waals surface area contributed by atoms with Crippen molar-refractivity contribution in [2.45, 2.75) is 38.2 Å². The second kappa shape index (κ2) is 6.28. The number of amides is 1. The highest BCUT2D eigenvalue weighted by Gasteiger charge is 2.34. The second-order valence-electron chi connectivity index (χ2n) is 5.32. The maximum absolute atomic E-state index is 12.8. The van der Waals surface area contributed by atoms with Gasteiger partial charge in [-0.25, -0.2) is 8.42 Å². The molecule has 1 atom stereocenters. The zero-order valence-corrected chi connectivity index (χ0v) is 13.5. The summed E-state index contributed by atoms with van der Waals surface area (Å²) in [5.74, 6) is -0.753. The van der Waals surface area contributed by atoms with E-state index in [1.165, 1.54) is 19.1 Å². The maximum atomic E-state index is 12.8. The SMILES string of the molecule is CC(C)N(C(=O)C(C)S(C)(=O)=O)c1cccc(C(F)(F)F)c1. The van der Waals surface area contributed by atoms with Crippen molar-refractivity contribution in [3.8, 4) is 0 Å². The number of hydrogen-bond acceptors (Lipinski definition) is 3. The smallest absolute Gasteiger partial charge is 0.309 e. The third kappa shape index (κ3) is 4.22. The molecule has 8 heteroatoms. The van der Waals surface area contributed by atoms with Crippen molar-refractivity contribution in [3.63, 3.8) is 0 Å². The molecule has 1 aromatic carbocycles. The molecule has 124 valence electrons. The fraction of sp³-hybridized carbons (Fsp3) is 0.500. The van der Waals surface area contributed by atoms with Gasteiger partial charge in [0.2, 0.25) is 5.91 Å². The van der Waals surface area contributed by atoms with Crippen LogP contribution in [0.3, 0.4) is 0 Å². The van der Waals surface area contributed by atoms with E-state index in [0.717, 1.165) is 23.3 Å². The van der Waals surface area contributed by atoms with Crippen LogP contribution in [0, 0.1) is 0 Å². The molecule has 0 N–H and O–H groups in total. The number of carbonyl (C=O) groups is 1. The highest BCUT2D eigenvalue weighted by Crippen LogP contribution is 2.32. The van der Waals surface area contributed by atoms with E-state index >= 15 is 0 Å². The third-order valence-electron chi connectivity index (χ3n) is 3.20. The molecule has 4 nitrogen and oxygen atoms in total. The normalized spacial score (nSPS) is 14.0. The molecule has 0 radical (unpaired) electrons. The Morgan fingerprint density at radius 2 is 1.73 bits per heavy atom. The Morgan fingerprint density at radius 1 is 1.18 bits per heavy atom. The Kier molecular flexibility index (Phi) is 5.27. The first-order valence-corrected chi connectivity index (χ1v) is 8.50. The topological polar surface area (TPSA) is 54.5 Å². The van der Waals surface area contributed by atoms with Crippen molar-refractivity contribution in [3.05, 3.63) is 29.8 Å². The Hall–Kier alpha value is -1.57. The predicted octanol–water partition coefficient (Wildman–Crippen LogP) is 2.88. The molecule has 1 amide bonds. The summed E-state index contributed by atoms with van der Waals surface area (Å²) in [5.41, 5.74) is -0.874. The molecular formula is C14H18F3NO3S. The lowest BCUT2D eigenvalue weighted by Crippen LogP contribution is -2.45. The Labute approximate surface area is 127 Å². The van der Waals surface area contributed by atoms with Crippen LogP contribution in [0.15, 0.2) is 24.3 Å². The minimum absolute atomic E-state index is 0.0188. The van der Waals surface area contributed by atoms with Gasteiger partial charge < -0.3 is 4.90 Å². The molecule has 22 heavy (non-hydrogen) atoms. The molecule has 0 fully saturated rings. The van der Waals surface area contributed by atoms with E-state index in [4.69, 9.17) is 0 Å². The number of anilines is 1. The second-order valence-corrected chi connectivity index (χ2v) is 7.69. The summed E-state index contributed by atoms with van der Waals surface area (Å²) in [6.07, 6.45) is -3.62. The van der Waals surface area contributed by atoms with E-state index in [9.17, 15) is 26.4 Å². The van der Waals surface area contributed by atoms with Crippen molar-refractivity contribution in [2.75, 3.05) is 11.2 Å². The van der Waals surface area contributed by atoms with Crippen molar-refractivity contribution < 1.29 is 26.4 Å². The van der Waals surface area contributed by atoms with Crippen LogP contribution < -0.4 is 4.90 Å². The van der Waals surface area contributed by atoms with Gasteiger partial charge >= 0.3 is 6.18 Å². The fourth-order valence-electron chi connectivity index (χ4n) is 1.89. The van der Waals surface area contributed by atoms with Gasteiger partial charge in [0.15, 0.2) is 9.84 Å². The molecule has 1 aromatic rings. The molecule has 0 aliphatic heterocycles. The minimum atomic E-state index is -4.54. The van der Waals surface area contributed by atoms with Gasteiger partial charge in [-0.1, -0.05) is 6.07 Å². The van der Waals surface area contributed by atoms with Crippen LogP contribution >= 0.6 is 0 Å². The number of benzene rings is 1. The molecule has 0 saturated heterocycles. The van der Waals surface area contributed by atoms with E-state index in [0.29, 0.717) is 0 Å². The van der Waals surface area contributed by atoms with Gasteiger partial charge in [0, 0.05) is 18.0 Å². The number of hydrogen-bond donors (Lipinski definition) is 0. The van der Waals surface area contributed by atoms with Crippen LogP contribution in [-0.2, 0) is 20.8 Å². The van der Waals surface area contributed by atoms with Crippen LogP contribution in [0.25, 0.3) is 0 Å². The lowest BCUT2D eigenvalue weighted by Gasteiger charge is -2.29. The van der Waals surface area contributed by atoms with Gasteiger partial charge in [0.25, 0.3) is 0 Å². The van der Waals surface area contributed by atoms with Crippen LogP contribution in [0.4, 0.5) is 18.9 Å². The predicted molar refractivity (Wildman–Crippen MR) is 78.4 cm³/mol. The van der Waals surface area contributed by atoms with Gasteiger partial charge in [-0.3, -0.25) is 4.79 Å². The first kappa shape index (κ1) is 18.5. The summed E-state index contributed by atoms with van der Waals surface area (Å²) < 4.78 is 61.4. The first-order chi connectivity index (χ1) is 9.85. The van der Waals surface area contributed by atoms with Crippen molar-refractivity contribution >= 4 is 21.4 Å². The number of rotatable bonds is 4. The van der Waals surface area contributed by atoms with Crippen LogP contribution in [0.5, 0.6) is 0 Å². The van der Waals surface area contributed by atoms with E-state index < -0.39 is 38.8 Å². The highest BCUT2D eigenvalue weighted by atomic mass is 32.2. The largest absolute Gasteiger partial charge is 0.416 e. The molecule has 0 aliphatic carbocycles. The lowest BCUT2D eigenvalue weighted by atomic mass is 10.1. The van der Waals surface area contributed by atoms with Crippen LogP contribution in [0.2, 0.25) is 0 Å². The van der Waals surface area contributed by atoms with Crippen molar-refractivity contribution in [1.29, 1.82) is 0 Å². The molecule has 0 saturated carbocycles. The van der Waals surface area contributed by atoms with Gasteiger partial charge in [0.05, 0.1) is 5.56 Å². The maximum Gasteiger partial charge on any atom is 0.416 e. The molecule has 0 bridgehead atoms. The monoisotopic (exact) mass is 337 g/mol. The number of alkyl halides is 3. The Morgan fingerprint density at radius 3 is 2.14 bits per heavy atom. The minimum Gasteiger partial charge on any atom is -0.309 e. The fourth-order valence-corrected chi connectivity index (χ4v) is 2.37. The van der Waals surface area contributed by atoms with E-state index in [2.05, 4.69) is 0 Å². The van der Waals surface area contributed by atoms with Gasteiger partial charge in [-0.05, 0) is 39.0 Å². The average molecular weight is 337 g/mol. The third-order valence-corrected chi connectivity index (χ3v) is 4.68. The Bertz CT molecular complexity index is 654. The molecule has 0 heterocycles. The average Bonchev–Trinajstić information content (AvgIpc) is 2.35. The summed E-state index contributed by atoms with van der Waals surface area (Å²) in [5, 5.41) is -1.33. The summed E-state index contributed by atoms with van der Waals surface area (Å²) in [4.78, 5) is 13.4. The summed E-state index contributed by atoms with van der Waals surface area (Å²) in [6, 6.07) is 3.79. The van der Waals surface area contributed by atoms with Crippen molar-refractivity contribution in [1.82, 2.24) is 0 Å². The Balaban J connectivity index is 3.31. The molecule has 0 aliphatic rings. The summed E-state index contributed by atoms with van der Waals surface area (Å²) in [7, 11) is -3.64. The van der Waals surface area contributed by atoms with Gasteiger partial charge in [0.1, 0.15) is 5.25 Å². The van der Waals surface area contributed by atoms with Gasteiger partial charge in [-0.2, -0.15) is 13.2 Å². The molecule has 0 spiro atoms. The van der Waals surface area contributed by atoms with E-state index in [1.807, 2.05) is 0 Å². The molecule has 0 aromatic heterocycles. The van der Waals surface area contributed by atoms with Crippen molar-refractivity contribution in [2.24, 2.45) is 0 Å². The number of halogens is 3. The van der Waals surface area contributed by atoms with Gasteiger partial charge in [-0.15, -0.1) is 0 Å². The quantitative estimate of drug-likeness (QED) is 0.849. The van der Waals surface area contributed by atoms with Crippen LogP contribution in [0.1, 0.15) is 26.3 Å². The molecule has 1 rings (SSSR count). The van der Waals surface area contributed by atoms with Crippen LogP contribution in [-0.4, -0.2) is 31.9 Å². The number of sulfone groups is 1. The zero-order valence-electron chi connectivity index (χ0n) is 12.7. The van der Waals surface area contributed by atoms with E-state index in [1.54, 1.807) is 13.8 Å². The lowest BCUT2D eigenvalue weighted by molar-refractivity contribution is -0.137. The first-order valence-electron chi connectivity index (χ1n) is 6.55. The highest BCUT2D eigenvalue weighted by molar-refractivity contribution is 7.92. The zero-order chi connectivity index (χ0) is 17.3. The standard InChI is InChI=1S/C14H18F3NO3S/c1-9(2)18(13(19)10(3)22(4,20)21)12-7-5-6-11(8-12)14(15,16)17/h5-10H,1-4H3.